The first-order valence-electron chi connectivity index (χ1n) is 8.91. The largest absolute Gasteiger partial charge is 0.483 e. The third-order valence-electron chi connectivity index (χ3n) is 4.41. The van der Waals surface area contributed by atoms with Crippen LogP contribution in [0, 0.1) is 0 Å². The minimum atomic E-state index is -3.69. The molecular formula is C20H26N2O4S. The lowest BCUT2D eigenvalue weighted by Gasteiger charge is -2.15. The van der Waals surface area contributed by atoms with Crippen molar-refractivity contribution in [1.29, 1.82) is 0 Å². The van der Waals surface area contributed by atoms with Crippen molar-refractivity contribution < 1.29 is 17.9 Å². The summed E-state index contributed by atoms with van der Waals surface area (Å²) >= 11 is 0. The number of amides is 1. The highest BCUT2D eigenvalue weighted by Gasteiger charge is 2.11. The van der Waals surface area contributed by atoms with Gasteiger partial charge in [-0.3, -0.25) is 4.79 Å². The van der Waals surface area contributed by atoms with Gasteiger partial charge >= 0.3 is 0 Å². The number of para-hydroxylation sites is 1. The summed E-state index contributed by atoms with van der Waals surface area (Å²) in [4.78, 5) is 12.1. The van der Waals surface area contributed by atoms with E-state index in [1.807, 2.05) is 24.3 Å². The molecule has 2 aromatic carbocycles. The molecule has 0 radical (unpaired) electrons. The van der Waals surface area contributed by atoms with Crippen LogP contribution in [0.2, 0.25) is 0 Å². The van der Waals surface area contributed by atoms with Crippen LogP contribution in [0.25, 0.3) is 0 Å². The second-order valence-electron chi connectivity index (χ2n) is 6.42. The maximum Gasteiger partial charge on any atom is 0.257 e. The van der Waals surface area contributed by atoms with Crippen LogP contribution in [-0.4, -0.2) is 27.5 Å². The van der Waals surface area contributed by atoms with Gasteiger partial charge in [0.2, 0.25) is 10.0 Å². The van der Waals surface area contributed by atoms with E-state index in [4.69, 9.17) is 9.88 Å². The van der Waals surface area contributed by atoms with Crippen LogP contribution in [0.3, 0.4) is 0 Å². The minimum Gasteiger partial charge on any atom is -0.483 e. The first-order chi connectivity index (χ1) is 12.8. The molecule has 7 heteroatoms. The summed E-state index contributed by atoms with van der Waals surface area (Å²) in [6, 6.07) is 14.0. The Labute approximate surface area is 160 Å². The average Bonchev–Trinajstić information content (AvgIpc) is 2.65. The van der Waals surface area contributed by atoms with Crippen molar-refractivity contribution >= 4 is 15.9 Å². The molecule has 1 amide bonds. The molecule has 0 saturated carbocycles. The summed E-state index contributed by atoms with van der Waals surface area (Å²) in [5.41, 5.74) is 2.01. The highest BCUT2D eigenvalue weighted by Crippen LogP contribution is 2.28. The molecule has 0 spiro atoms. The van der Waals surface area contributed by atoms with Gasteiger partial charge in [0.15, 0.2) is 6.61 Å². The second kappa shape index (κ2) is 9.53. The van der Waals surface area contributed by atoms with E-state index in [1.165, 1.54) is 12.1 Å². The molecule has 2 rings (SSSR count). The predicted octanol–water partition coefficient (Wildman–Crippen LogP) is 2.59. The number of carbonyl (C=O) groups is 1. The second-order valence-corrected chi connectivity index (χ2v) is 7.99. The van der Waals surface area contributed by atoms with Crippen LogP contribution in [0.5, 0.6) is 5.75 Å². The van der Waals surface area contributed by atoms with Crippen molar-refractivity contribution in [2.75, 3.05) is 13.2 Å². The predicted molar refractivity (Wildman–Crippen MR) is 105 cm³/mol. The van der Waals surface area contributed by atoms with E-state index in [0.29, 0.717) is 18.9 Å². The van der Waals surface area contributed by atoms with Crippen molar-refractivity contribution in [1.82, 2.24) is 5.32 Å². The van der Waals surface area contributed by atoms with Crippen molar-refractivity contribution in [2.45, 2.75) is 37.5 Å². The van der Waals surface area contributed by atoms with Crippen LogP contribution in [0.1, 0.15) is 37.3 Å². The van der Waals surface area contributed by atoms with Crippen LogP contribution >= 0.6 is 0 Å². The first kappa shape index (κ1) is 20.9. The van der Waals surface area contributed by atoms with Crippen LogP contribution < -0.4 is 15.2 Å². The fourth-order valence-electron chi connectivity index (χ4n) is 2.63. The molecule has 0 aromatic heterocycles. The summed E-state index contributed by atoms with van der Waals surface area (Å²) in [5, 5.41) is 7.87. The standard InChI is InChI=1S/C20H26N2O4S/c1-3-15(2)18-6-4-5-7-19(18)26-14-20(23)22-13-12-16-8-10-17(11-9-16)27(21,24)25/h4-11,15H,3,12-14H2,1-2H3,(H,22,23)(H2,21,24,25). The zero-order valence-electron chi connectivity index (χ0n) is 15.6. The van der Waals surface area contributed by atoms with Gasteiger partial charge in [0.1, 0.15) is 5.75 Å². The van der Waals surface area contributed by atoms with E-state index >= 15 is 0 Å². The molecule has 2 aromatic rings. The molecule has 0 aliphatic carbocycles. The minimum absolute atomic E-state index is 0.0438. The Kier molecular flexibility index (Phi) is 7.38. The topological polar surface area (TPSA) is 98.5 Å². The maximum absolute atomic E-state index is 12.0. The SMILES string of the molecule is CCC(C)c1ccccc1OCC(=O)NCCc1ccc(S(N)(=O)=O)cc1. The quantitative estimate of drug-likeness (QED) is 0.687. The number of carbonyl (C=O) groups excluding carboxylic acids is 1. The lowest BCUT2D eigenvalue weighted by atomic mass is 9.98. The van der Waals surface area contributed by atoms with E-state index in [2.05, 4.69) is 19.2 Å². The van der Waals surface area contributed by atoms with Crippen LogP contribution in [0.15, 0.2) is 53.4 Å². The van der Waals surface area contributed by atoms with Gasteiger partial charge in [0.25, 0.3) is 5.91 Å². The maximum atomic E-state index is 12.0. The van der Waals surface area contributed by atoms with E-state index in [0.717, 1.165) is 23.3 Å². The summed E-state index contributed by atoms with van der Waals surface area (Å²) in [6.07, 6.45) is 1.58. The lowest BCUT2D eigenvalue weighted by Crippen LogP contribution is -2.30. The van der Waals surface area contributed by atoms with Gasteiger partial charge in [-0.15, -0.1) is 0 Å². The Balaban J connectivity index is 1.80. The number of ether oxygens (including phenoxy) is 1. The number of hydrogen-bond donors (Lipinski definition) is 2. The van der Waals surface area contributed by atoms with Crippen LogP contribution in [0.4, 0.5) is 0 Å². The summed E-state index contributed by atoms with van der Waals surface area (Å²) < 4.78 is 28.1. The van der Waals surface area contributed by atoms with Crippen molar-refractivity contribution in [3.05, 3.63) is 59.7 Å². The Hall–Kier alpha value is -2.38. The van der Waals surface area contributed by atoms with Crippen molar-refractivity contribution in [2.24, 2.45) is 5.14 Å². The molecule has 1 unspecified atom stereocenters. The summed E-state index contributed by atoms with van der Waals surface area (Å²) in [6.45, 7) is 4.63. The molecule has 1 atom stereocenters. The number of sulfonamides is 1. The molecule has 0 aliphatic rings. The highest BCUT2D eigenvalue weighted by molar-refractivity contribution is 7.89. The number of nitrogens with two attached hydrogens (primary N) is 1. The Bertz CT molecular complexity index is 864. The monoisotopic (exact) mass is 390 g/mol. The van der Waals surface area contributed by atoms with Gasteiger partial charge in [0.05, 0.1) is 4.90 Å². The first-order valence-corrected chi connectivity index (χ1v) is 10.5. The summed E-state index contributed by atoms with van der Waals surface area (Å²) in [7, 11) is -3.69. The zero-order valence-corrected chi connectivity index (χ0v) is 16.5. The zero-order chi connectivity index (χ0) is 19.9. The van der Waals surface area contributed by atoms with Gasteiger partial charge in [0, 0.05) is 6.54 Å². The number of rotatable bonds is 9. The molecule has 0 fully saturated rings. The number of nitrogens with one attached hydrogen (secondary N) is 1. The van der Waals surface area contributed by atoms with Gasteiger partial charge in [-0.1, -0.05) is 44.2 Å². The van der Waals surface area contributed by atoms with E-state index in [9.17, 15) is 13.2 Å². The molecule has 3 N–H and O–H groups in total. The normalized spacial score (nSPS) is 12.4. The number of benzene rings is 2. The Morgan fingerprint density at radius 1 is 1.15 bits per heavy atom. The fraction of sp³-hybridized carbons (Fsp3) is 0.350. The smallest absolute Gasteiger partial charge is 0.257 e. The van der Waals surface area contributed by atoms with E-state index < -0.39 is 10.0 Å². The Morgan fingerprint density at radius 3 is 2.44 bits per heavy atom. The number of hydrogen-bond acceptors (Lipinski definition) is 4. The van der Waals surface area contributed by atoms with Gasteiger partial charge in [-0.2, -0.15) is 0 Å². The van der Waals surface area contributed by atoms with E-state index in [-0.39, 0.29) is 17.4 Å². The van der Waals surface area contributed by atoms with Crippen LogP contribution in [-0.2, 0) is 21.2 Å². The molecule has 146 valence electrons. The molecule has 0 saturated heterocycles. The Morgan fingerprint density at radius 2 is 1.81 bits per heavy atom. The third-order valence-corrected chi connectivity index (χ3v) is 5.34. The van der Waals surface area contributed by atoms with E-state index in [1.54, 1.807) is 12.1 Å². The van der Waals surface area contributed by atoms with Gasteiger partial charge in [-0.25, -0.2) is 13.6 Å². The molecule has 6 nitrogen and oxygen atoms in total. The molecule has 0 aliphatic heterocycles. The third kappa shape index (κ3) is 6.37. The fourth-order valence-corrected chi connectivity index (χ4v) is 3.14. The molecule has 0 heterocycles. The van der Waals surface area contributed by atoms with Crippen molar-refractivity contribution in [3.8, 4) is 5.75 Å². The van der Waals surface area contributed by atoms with Gasteiger partial charge in [-0.05, 0) is 48.1 Å². The highest BCUT2D eigenvalue weighted by atomic mass is 32.2. The van der Waals surface area contributed by atoms with Crippen molar-refractivity contribution in [3.63, 3.8) is 0 Å². The molecule has 0 bridgehead atoms. The summed E-state index contributed by atoms with van der Waals surface area (Å²) in [5.74, 6) is 0.903. The van der Waals surface area contributed by atoms with Gasteiger partial charge < -0.3 is 10.1 Å². The lowest BCUT2D eigenvalue weighted by molar-refractivity contribution is -0.123. The number of primary sulfonamides is 1. The molecular weight excluding hydrogens is 364 g/mol. The average molecular weight is 391 g/mol. The molecule has 27 heavy (non-hydrogen) atoms.